The van der Waals surface area contributed by atoms with Gasteiger partial charge < -0.3 is 19.8 Å². The Morgan fingerprint density at radius 2 is 2.17 bits per heavy atom. The van der Waals surface area contributed by atoms with E-state index in [0.717, 1.165) is 62.1 Å². The van der Waals surface area contributed by atoms with Gasteiger partial charge in [0.1, 0.15) is 23.7 Å². The molecular weight excluding hydrogens is 380 g/mol. The first-order valence-corrected chi connectivity index (χ1v) is 10.4. The van der Waals surface area contributed by atoms with E-state index in [-0.39, 0.29) is 6.04 Å². The molecule has 0 aliphatic carbocycles. The number of methoxy groups -OCH3 is 1. The van der Waals surface area contributed by atoms with Gasteiger partial charge in [0, 0.05) is 32.0 Å². The van der Waals surface area contributed by atoms with E-state index in [9.17, 15) is 0 Å². The third-order valence-corrected chi connectivity index (χ3v) is 5.22. The number of fused-ring (bicyclic) bond motifs is 1. The minimum Gasteiger partial charge on any atom is -0.497 e. The van der Waals surface area contributed by atoms with Crippen molar-refractivity contribution < 1.29 is 9.15 Å². The maximum absolute atomic E-state index is 5.41. The second-order valence-electron chi connectivity index (χ2n) is 7.32. The van der Waals surface area contributed by atoms with Crippen LogP contribution < -0.4 is 15.4 Å². The van der Waals surface area contributed by atoms with Crippen molar-refractivity contribution in [2.75, 3.05) is 20.2 Å². The summed E-state index contributed by atoms with van der Waals surface area (Å²) in [7, 11) is 1.68. The van der Waals surface area contributed by atoms with Crippen molar-refractivity contribution in [1.29, 1.82) is 0 Å². The molecule has 0 saturated carbocycles. The molecule has 1 aromatic carbocycles. The number of aromatic nitrogens is 3. The van der Waals surface area contributed by atoms with Gasteiger partial charge in [-0.3, -0.25) is 4.99 Å². The third kappa shape index (κ3) is 5.40. The van der Waals surface area contributed by atoms with Crippen LogP contribution >= 0.6 is 0 Å². The van der Waals surface area contributed by atoms with Gasteiger partial charge in [-0.05, 0) is 42.7 Å². The lowest BCUT2D eigenvalue weighted by Crippen LogP contribution is -2.47. The summed E-state index contributed by atoms with van der Waals surface area (Å²) < 4.78 is 12.6. The van der Waals surface area contributed by atoms with Crippen LogP contribution in [0.5, 0.6) is 5.75 Å². The quantitative estimate of drug-likeness (QED) is 0.439. The molecule has 2 N–H and O–H groups in total. The van der Waals surface area contributed by atoms with Crippen molar-refractivity contribution in [2.24, 2.45) is 4.99 Å². The van der Waals surface area contributed by atoms with Crippen LogP contribution in [0.4, 0.5) is 0 Å². The normalized spacial score (nSPS) is 16.2. The molecule has 0 saturated heterocycles. The average molecular weight is 409 g/mol. The number of hydrogen-bond donors (Lipinski definition) is 2. The molecule has 0 radical (unpaired) electrons. The summed E-state index contributed by atoms with van der Waals surface area (Å²) in [6.07, 6.45) is 6.93. The van der Waals surface area contributed by atoms with Crippen LogP contribution in [0.15, 0.2) is 58.4 Å². The van der Waals surface area contributed by atoms with Crippen LogP contribution in [0.2, 0.25) is 0 Å². The fourth-order valence-electron chi connectivity index (χ4n) is 3.55. The number of benzene rings is 1. The number of aryl methyl sites for hydroxylation is 1. The number of hydrogen-bond acceptors (Lipinski definition) is 5. The molecule has 3 heterocycles. The summed E-state index contributed by atoms with van der Waals surface area (Å²) in [5.41, 5.74) is 1.25. The predicted molar refractivity (Wildman–Crippen MR) is 115 cm³/mol. The highest BCUT2D eigenvalue weighted by molar-refractivity contribution is 5.80. The zero-order chi connectivity index (χ0) is 20.6. The first-order valence-electron chi connectivity index (χ1n) is 10.4. The molecule has 0 spiro atoms. The van der Waals surface area contributed by atoms with Gasteiger partial charge in [0.2, 0.25) is 0 Å². The average Bonchev–Trinajstić information content (AvgIpc) is 3.45. The van der Waals surface area contributed by atoms with E-state index in [2.05, 4.69) is 32.8 Å². The minimum atomic E-state index is 0.273. The molecule has 158 valence electrons. The van der Waals surface area contributed by atoms with E-state index in [0.29, 0.717) is 6.54 Å². The zero-order valence-electron chi connectivity index (χ0n) is 17.3. The first kappa shape index (κ1) is 20.0. The molecule has 8 heteroatoms. The molecule has 1 aliphatic heterocycles. The van der Waals surface area contributed by atoms with Crippen molar-refractivity contribution in [3.05, 3.63) is 66.1 Å². The second-order valence-corrected chi connectivity index (χ2v) is 7.32. The van der Waals surface area contributed by atoms with Gasteiger partial charge in [-0.1, -0.05) is 12.1 Å². The minimum absolute atomic E-state index is 0.273. The number of furan rings is 1. The van der Waals surface area contributed by atoms with Crippen LogP contribution in [-0.4, -0.2) is 47.0 Å². The summed E-state index contributed by atoms with van der Waals surface area (Å²) >= 11 is 0. The molecule has 1 aliphatic rings. The lowest BCUT2D eigenvalue weighted by atomic mass is 10.1. The highest BCUT2D eigenvalue weighted by Gasteiger charge is 2.20. The van der Waals surface area contributed by atoms with Crippen LogP contribution in [0.25, 0.3) is 0 Å². The fourth-order valence-corrected chi connectivity index (χ4v) is 3.55. The highest BCUT2D eigenvalue weighted by atomic mass is 16.5. The Hall–Kier alpha value is -3.29. The monoisotopic (exact) mass is 408 g/mol. The van der Waals surface area contributed by atoms with E-state index in [1.54, 1.807) is 19.7 Å². The molecule has 0 amide bonds. The summed E-state index contributed by atoms with van der Waals surface area (Å²) in [5.74, 6) is 3.69. The summed E-state index contributed by atoms with van der Waals surface area (Å²) in [4.78, 5) is 9.07. The third-order valence-electron chi connectivity index (χ3n) is 5.22. The van der Waals surface area contributed by atoms with E-state index in [1.165, 1.54) is 5.56 Å². The largest absolute Gasteiger partial charge is 0.497 e. The van der Waals surface area contributed by atoms with Crippen LogP contribution in [0.3, 0.4) is 0 Å². The molecule has 1 atom stereocenters. The zero-order valence-corrected chi connectivity index (χ0v) is 17.3. The van der Waals surface area contributed by atoms with Crippen molar-refractivity contribution in [3.8, 4) is 5.75 Å². The molecule has 2 aromatic heterocycles. The van der Waals surface area contributed by atoms with Crippen LogP contribution in [0.1, 0.15) is 23.6 Å². The SMILES string of the molecule is COc1ccc(CCNC(=NCCc2ccco2)NC2CCc3ncnn3C2)cc1. The number of ether oxygens (including phenoxy) is 1. The van der Waals surface area contributed by atoms with Crippen LogP contribution in [-0.2, 0) is 25.8 Å². The molecule has 30 heavy (non-hydrogen) atoms. The smallest absolute Gasteiger partial charge is 0.191 e. The lowest BCUT2D eigenvalue weighted by Gasteiger charge is -2.25. The summed E-state index contributed by atoms with van der Waals surface area (Å²) in [6.45, 7) is 2.25. The van der Waals surface area contributed by atoms with Crippen molar-refractivity contribution in [1.82, 2.24) is 25.4 Å². The molecule has 8 nitrogen and oxygen atoms in total. The fraction of sp³-hybridized carbons (Fsp3) is 0.409. The number of nitrogens with one attached hydrogen (secondary N) is 2. The van der Waals surface area contributed by atoms with E-state index < -0.39 is 0 Å². The Bertz CT molecular complexity index is 933. The Morgan fingerprint density at radius 1 is 1.27 bits per heavy atom. The molecule has 3 aromatic rings. The van der Waals surface area contributed by atoms with E-state index >= 15 is 0 Å². The van der Waals surface area contributed by atoms with Gasteiger partial charge in [0.15, 0.2) is 5.96 Å². The van der Waals surface area contributed by atoms with Crippen molar-refractivity contribution in [2.45, 2.75) is 38.3 Å². The van der Waals surface area contributed by atoms with E-state index in [1.807, 2.05) is 28.9 Å². The maximum Gasteiger partial charge on any atom is 0.191 e. The van der Waals surface area contributed by atoms with Gasteiger partial charge >= 0.3 is 0 Å². The Labute approximate surface area is 176 Å². The van der Waals surface area contributed by atoms with Gasteiger partial charge in [-0.15, -0.1) is 0 Å². The highest BCUT2D eigenvalue weighted by Crippen LogP contribution is 2.12. The lowest BCUT2D eigenvalue weighted by molar-refractivity contribution is 0.392. The number of guanidine groups is 1. The van der Waals surface area contributed by atoms with Gasteiger partial charge in [0.05, 0.1) is 19.9 Å². The topological polar surface area (TPSA) is 89.5 Å². The van der Waals surface area contributed by atoms with Crippen molar-refractivity contribution in [3.63, 3.8) is 0 Å². The van der Waals surface area contributed by atoms with Crippen LogP contribution in [0, 0.1) is 0 Å². The van der Waals surface area contributed by atoms with Gasteiger partial charge in [-0.25, -0.2) is 9.67 Å². The van der Waals surface area contributed by atoms with Gasteiger partial charge in [-0.2, -0.15) is 5.10 Å². The number of aliphatic imine (C=N–C) groups is 1. The molecule has 0 fully saturated rings. The molecular formula is C22H28N6O2. The summed E-state index contributed by atoms with van der Waals surface area (Å²) in [5, 5.41) is 11.4. The van der Waals surface area contributed by atoms with E-state index in [4.69, 9.17) is 14.1 Å². The molecule has 1 unspecified atom stereocenters. The predicted octanol–water partition coefficient (Wildman–Crippen LogP) is 2.22. The maximum atomic E-state index is 5.41. The standard InChI is InChI=1S/C22H28N6O2/c1-29-19-7-4-17(5-8-19)10-12-23-22(24-13-11-20-3-2-14-30-20)27-18-6-9-21-25-16-26-28(21)15-18/h2-5,7-8,14,16,18H,6,9-13,15H2,1H3,(H2,23,24,27). The Morgan fingerprint density at radius 3 is 2.97 bits per heavy atom. The van der Waals surface area contributed by atoms with Gasteiger partial charge in [0.25, 0.3) is 0 Å². The number of rotatable bonds is 8. The summed E-state index contributed by atoms with van der Waals surface area (Å²) in [6, 6.07) is 12.3. The molecule has 0 bridgehead atoms. The Kier molecular flexibility index (Phi) is 6.64. The van der Waals surface area contributed by atoms with Crippen molar-refractivity contribution >= 4 is 5.96 Å². The molecule has 4 rings (SSSR count). The number of nitrogens with zero attached hydrogens (tertiary/aromatic N) is 4. The second kappa shape index (κ2) is 9.96. The Balaban J connectivity index is 1.33. The first-order chi connectivity index (χ1) is 14.8.